The maximum atomic E-state index is 13.6. The molecule has 3 N–H and O–H groups in total. The van der Waals surface area contributed by atoms with Gasteiger partial charge in [0.25, 0.3) is 0 Å². The summed E-state index contributed by atoms with van der Waals surface area (Å²) in [7, 11) is 0. The molecule has 26 heavy (non-hydrogen) atoms. The molecule has 0 radical (unpaired) electrons. The first-order valence-corrected chi connectivity index (χ1v) is 8.27. The van der Waals surface area contributed by atoms with E-state index in [4.69, 9.17) is 0 Å². The molecule has 0 spiro atoms. The molecule has 0 aliphatic rings. The SMILES string of the molecule is O=C(Nc1ccccc1)Nc1ccc(NCCc2ccccc2F)cn1. The van der Waals surface area contributed by atoms with Crippen molar-refractivity contribution in [3.05, 3.63) is 84.3 Å². The van der Waals surface area contributed by atoms with Crippen LogP contribution in [0.5, 0.6) is 0 Å². The fourth-order valence-electron chi connectivity index (χ4n) is 2.42. The predicted molar refractivity (Wildman–Crippen MR) is 102 cm³/mol. The van der Waals surface area contributed by atoms with Gasteiger partial charge in [0, 0.05) is 12.2 Å². The maximum absolute atomic E-state index is 13.6. The molecule has 0 bridgehead atoms. The van der Waals surface area contributed by atoms with Gasteiger partial charge in [-0.1, -0.05) is 36.4 Å². The summed E-state index contributed by atoms with van der Waals surface area (Å²) in [5.74, 6) is 0.245. The zero-order valence-corrected chi connectivity index (χ0v) is 14.1. The number of benzene rings is 2. The molecule has 0 saturated heterocycles. The van der Waals surface area contributed by atoms with Crippen LogP contribution in [0.2, 0.25) is 0 Å². The molecule has 6 heteroatoms. The van der Waals surface area contributed by atoms with E-state index in [1.165, 1.54) is 6.07 Å². The second kappa shape index (κ2) is 8.62. The number of nitrogens with zero attached hydrogens (tertiary/aromatic N) is 1. The van der Waals surface area contributed by atoms with Gasteiger partial charge in [-0.25, -0.2) is 14.2 Å². The van der Waals surface area contributed by atoms with Crippen LogP contribution in [0.3, 0.4) is 0 Å². The topological polar surface area (TPSA) is 66.1 Å². The van der Waals surface area contributed by atoms with Crippen molar-refractivity contribution >= 4 is 23.2 Å². The van der Waals surface area contributed by atoms with E-state index in [9.17, 15) is 9.18 Å². The number of anilines is 3. The van der Waals surface area contributed by atoms with Gasteiger partial charge in [0.05, 0.1) is 11.9 Å². The summed E-state index contributed by atoms with van der Waals surface area (Å²) in [5, 5.41) is 8.57. The smallest absolute Gasteiger partial charge is 0.324 e. The van der Waals surface area contributed by atoms with Crippen molar-refractivity contribution in [2.45, 2.75) is 6.42 Å². The minimum atomic E-state index is -0.357. The zero-order valence-electron chi connectivity index (χ0n) is 14.1. The van der Waals surface area contributed by atoms with Crippen LogP contribution < -0.4 is 16.0 Å². The molecule has 0 unspecified atom stereocenters. The molecule has 0 saturated carbocycles. The molecule has 2 aromatic carbocycles. The third kappa shape index (κ3) is 5.04. The van der Waals surface area contributed by atoms with Gasteiger partial charge in [0.2, 0.25) is 0 Å². The summed E-state index contributed by atoms with van der Waals surface area (Å²) < 4.78 is 13.6. The van der Waals surface area contributed by atoms with E-state index >= 15 is 0 Å². The molecule has 0 fully saturated rings. The van der Waals surface area contributed by atoms with E-state index < -0.39 is 0 Å². The summed E-state index contributed by atoms with van der Waals surface area (Å²) in [4.78, 5) is 16.1. The lowest BCUT2D eigenvalue weighted by atomic mass is 10.1. The minimum Gasteiger partial charge on any atom is -0.383 e. The van der Waals surface area contributed by atoms with E-state index in [1.54, 1.807) is 36.5 Å². The Kier molecular flexibility index (Phi) is 5.77. The molecule has 3 rings (SSSR count). The van der Waals surface area contributed by atoms with Crippen molar-refractivity contribution < 1.29 is 9.18 Å². The van der Waals surface area contributed by atoms with E-state index in [2.05, 4.69) is 20.9 Å². The van der Waals surface area contributed by atoms with E-state index in [0.717, 1.165) is 5.69 Å². The highest BCUT2D eigenvalue weighted by Crippen LogP contribution is 2.12. The van der Waals surface area contributed by atoms with Gasteiger partial charge in [-0.2, -0.15) is 0 Å². The second-order valence-electron chi connectivity index (χ2n) is 5.65. The summed E-state index contributed by atoms with van der Waals surface area (Å²) >= 11 is 0. The molecule has 1 aromatic heterocycles. The van der Waals surface area contributed by atoms with Crippen LogP contribution in [0.4, 0.5) is 26.4 Å². The number of nitrogens with one attached hydrogen (secondary N) is 3. The van der Waals surface area contributed by atoms with E-state index in [-0.39, 0.29) is 11.8 Å². The summed E-state index contributed by atoms with van der Waals surface area (Å²) in [6.45, 7) is 0.587. The van der Waals surface area contributed by atoms with Crippen molar-refractivity contribution in [2.75, 3.05) is 22.5 Å². The number of amides is 2. The quantitative estimate of drug-likeness (QED) is 0.612. The van der Waals surface area contributed by atoms with Gasteiger partial charge in [0.1, 0.15) is 11.6 Å². The summed E-state index contributed by atoms with van der Waals surface area (Å²) in [6, 6.07) is 19.0. The number of rotatable bonds is 6. The Hall–Kier alpha value is -3.41. The molecule has 5 nitrogen and oxygen atoms in total. The van der Waals surface area contributed by atoms with Crippen LogP contribution in [-0.2, 0) is 6.42 Å². The van der Waals surface area contributed by atoms with Gasteiger partial charge in [-0.15, -0.1) is 0 Å². The van der Waals surface area contributed by atoms with Crippen molar-refractivity contribution in [1.82, 2.24) is 4.98 Å². The number of para-hydroxylation sites is 1. The standard InChI is InChI=1S/C20H19FN4O/c21-18-9-5-4-6-15(18)12-13-22-17-10-11-19(23-14-17)25-20(26)24-16-7-2-1-3-8-16/h1-11,14,22H,12-13H2,(H2,23,24,25,26). The largest absolute Gasteiger partial charge is 0.383 e. The Morgan fingerprint density at radius 3 is 2.38 bits per heavy atom. The van der Waals surface area contributed by atoms with Gasteiger partial charge in [-0.3, -0.25) is 5.32 Å². The molecule has 0 aliphatic carbocycles. The van der Waals surface area contributed by atoms with Crippen LogP contribution in [-0.4, -0.2) is 17.6 Å². The fourth-order valence-corrected chi connectivity index (χ4v) is 2.42. The van der Waals surface area contributed by atoms with Crippen molar-refractivity contribution in [1.29, 1.82) is 0 Å². The van der Waals surface area contributed by atoms with Gasteiger partial charge < -0.3 is 10.6 Å². The average molecular weight is 350 g/mol. The van der Waals surface area contributed by atoms with Gasteiger partial charge >= 0.3 is 6.03 Å². The van der Waals surface area contributed by atoms with Gasteiger partial charge in [0.15, 0.2) is 0 Å². The summed E-state index contributed by atoms with van der Waals surface area (Å²) in [6.07, 6.45) is 2.20. The molecule has 2 amide bonds. The third-order valence-electron chi connectivity index (χ3n) is 3.72. The molecule has 132 valence electrons. The molecule has 1 heterocycles. The fraction of sp³-hybridized carbons (Fsp3) is 0.100. The Morgan fingerprint density at radius 1 is 0.885 bits per heavy atom. The highest BCUT2D eigenvalue weighted by Gasteiger charge is 2.04. The predicted octanol–water partition coefficient (Wildman–Crippen LogP) is 4.52. The van der Waals surface area contributed by atoms with E-state index in [0.29, 0.717) is 30.0 Å². The number of pyridine rings is 1. The molecule has 0 atom stereocenters. The third-order valence-corrected chi connectivity index (χ3v) is 3.72. The lowest BCUT2D eigenvalue weighted by Gasteiger charge is -2.09. The van der Waals surface area contributed by atoms with E-state index in [1.807, 2.05) is 30.3 Å². The van der Waals surface area contributed by atoms with Gasteiger partial charge in [-0.05, 0) is 42.3 Å². The lowest BCUT2D eigenvalue weighted by molar-refractivity contribution is 0.262. The Balaban J connectivity index is 1.47. The van der Waals surface area contributed by atoms with Crippen LogP contribution in [0.25, 0.3) is 0 Å². The molecule has 3 aromatic rings. The monoisotopic (exact) mass is 350 g/mol. The van der Waals surface area contributed by atoms with Crippen LogP contribution >= 0.6 is 0 Å². The highest BCUT2D eigenvalue weighted by atomic mass is 19.1. The zero-order chi connectivity index (χ0) is 18.2. The van der Waals surface area contributed by atoms with Crippen LogP contribution in [0, 0.1) is 5.82 Å². The summed E-state index contributed by atoms with van der Waals surface area (Å²) in [5.41, 5.74) is 2.18. The number of carbonyl (C=O) groups is 1. The maximum Gasteiger partial charge on any atom is 0.324 e. The Bertz CT molecular complexity index is 853. The van der Waals surface area contributed by atoms with Crippen LogP contribution in [0.1, 0.15) is 5.56 Å². The molecular formula is C20H19FN4O. The Labute approximate surface area is 151 Å². The number of hydrogen-bond acceptors (Lipinski definition) is 3. The second-order valence-corrected chi connectivity index (χ2v) is 5.65. The van der Waals surface area contributed by atoms with Crippen molar-refractivity contribution in [2.24, 2.45) is 0 Å². The first-order chi connectivity index (χ1) is 12.7. The normalized spacial score (nSPS) is 10.2. The molecular weight excluding hydrogens is 331 g/mol. The number of hydrogen-bond donors (Lipinski definition) is 3. The minimum absolute atomic E-state index is 0.198. The van der Waals surface area contributed by atoms with Crippen molar-refractivity contribution in [3.63, 3.8) is 0 Å². The van der Waals surface area contributed by atoms with Crippen LogP contribution in [0.15, 0.2) is 72.9 Å². The number of urea groups is 1. The molecule has 0 aliphatic heterocycles. The highest BCUT2D eigenvalue weighted by molar-refractivity contribution is 5.99. The first-order valence-electron chi connectivity index (χ1n) is 8.27. The Morgan fingerprint density at radius 2 is 1.65 bits per heavy atom. The average Bonchev–Trinajstić information content (AvgIpc) is 2.65. The number of halogens is 1. The lowest BCUT2D eigenvalue weighted by Crippen LogP contribution is -2.20. The number of carbonyl (C=O) groups excluding carboxylic acids is 1. The van der Waals surface area contributed by atoms with Crippen molar-refractivity contribution in [3.8, 4) is 0 Å². The number of aromatic nitrogens is 1. The first kappa shape index (κ1) is 17.4.